The molecule has 2 N–H and O–H groups in total. The molecule has 0 radical (unpaired) electrons. The Bertz CT molecular complexity index is 367. The van der Waals surface area contributed by atoms with E-state index in [0.29, 0.717) is 6.61 Å². The second-order valence-electron chi connectivity index (χ2n) is 4.80. The average Bonchev–Trinajstić information content (AvgIpc) is 2.35. The summed E-state index contributed by atoms with van der Waals surface area (Å²) in [5.74, 6) is 0.975. The second kappa shape index (κ2) is 5.52. The predicted molar refractivity (Wildman–Crippen MR) is 68.3 cm³/mol. The summed E-state index contributed by atoms with van der Waals surface area (Å²) in [5.41, 5.74) is 7.28. The Kier molecular flexibility index (Phi) is 4.02. The van der Waals surface area contributed by atoms with Gasteiger partial charge in [0.05, 0.1) is 5.54 Å². The molecule has 1 atom stereocenters. The molecule has 1 aromatic rings. The third-order valence-corrected chi connectivity index (χ3v) is 3.12. The van der Waals surface area contributed by atoms with Crippen molar-refractivity contribution in [3.63, 3.8) is 0 Å². The lowest BCUT2D eigenvalue weighted by molar-refractivity contribution is 0.0937. The minimum Gasteiger partial charge on any atom is -0.491 e. The minimum atomic E-state index is -0.276. The quantitative estimate of drug-likeness (QED) is 0.795. The summed E-state index contributed by atoms with van der Waals surface area (Å²) in [5, 5.41) is 0. The molecule has 1 heterocycles. The van der Waals surface area contributed by atoms with Gasteiger partial charge in [-0.25, -0.2) is 0 Å². The van der Waals surface area contributed by atoms with Gasteiger partial charge < -0.3 is 15.2 Å². The van der Waals surface area contributed by atoms with Crippen LogP contribution in [-0.4, -0.2) is 25.4 Å². The summed E-state index contributed by atoms with van der Waals surface area (Å²) in [4.78, 5) is 0. The van der Waals surface area contributed by atoms with Crippen LogP contribution in [0.3, 0.4) is 0 Å². The zero-order chi connectivity index (χ0) is 12.1. The van der Waals surface area contributed by atoms with Crippen molar-refractivity contribution in [2.45, 2.75) is 31.7 Å². The van der Waals surface area contributed by atoms with Gasteiger partial charge in [0.2, 0.25) is 0 Å². The lowest BCUT2D eigenvalue weighted by Crippen LogP contribution is -2.50. The van der Waals surface area contributed by atoms with Crippen LogP contribution in [0.25, 0.3) is 0 Å². The third-order valence-electron chi connectivity index (χ3n) is 3.12. The van der Waals surface area contributed by atoms with Gasteiger partial charge >= 0.3 is 0 Å². The molecule has 3 heteroatoms. The molecule has 0 aromatic heterocycles. The second-order valence-corrected chi connectivity index (χ2v) is 4.80. The molecule has 0 saturated carbocycles. The Morgan fingerprint density at radius 3 is 3.00 bits per heavy atom. The molecule has 0 spiro atoms. The molecule has 94 valence electrons. The van der Waals surface area contributed by atoms with E-state index in [9.17, 15) is 0 Å². The largest absolute Gasteiger partial charge is 0.491 e. The first kappa shape index (κ1) is 12.4. The topological polar surface area (TPSA) is 44.5 Å². The number of hydrogen-bond acceptors (Lipinski definition) is 3. The molecule has 1 unspecified atom stereocenters. The molecule has 0 fully saturated rings. The molecule has 1 aliphatic rings. The minimum absolute atomic E-state index is 0.276. The number of nitrogens with two attached hydrogens (primary N) is 1. The molecule has 3 nitrogen and oxygen atoms in total. The van der Waals surface area contributed by atoms with Gasteiger partial charge in [-0.3, -0.25) is 0 Å². The number of para-hydroxylation sites is 1. The summed E-state index contributed by atoms with van der Waals surface area (Å²) in [6.07, 6.45) is 2.77. The van der Waals surface area contributed by atoms with E-state index in [4.69, 9.17) is 15.2 Å². The van der Waals surface area contributed by atoms with E-state index in [1.807, 2.05) is 18.2 Å². The van der Waals surface area contributed by atoms with E-state index >= 15 is 0 Å². The van der Waals surface area contributed by atoms with Gasteiger partial charge in [0, 0.05) is 13.2 Å². The first-order chi connectivity index (χ1) is 8.23. The molecule has 0 aliphatic carbocycles. The fourth-order valence-corrected chi connectivity index (χ4v) is 2.12. The van der Waals surface area contributed by atoms with Crippen LogP contribution in [0.5, 0.6) is 5.75 Å². The Labute approximate surface area is 103 Å². The van der Waals surface area contributed by atoms with E-state index in [2.05, 4.69) is 13.0 Å². The highest BCUT2D eigenvalue weighted by Crippen LogP contribution is 2.29. The van der Waals surface area contributed by atoms with Crippen LogP contribution < -0.4 is 10.5 Å². The Morgan fingerprint density at radius 2 is 2.18 bits per heavy atom. The summed E-state index contributed by atoms with van der Waals surface area (Å²) < 4.78 is 11.2. The van der Waals surface area contributed by atoms with Crippen molar-refractivity contribution in [2.75, 3.05) is 19.8 Å². The van der Waals surface area contributed by atoms with Gasteiger partial charge in [0.15, 0.2) is 0 Å². The lowest BCUT2D eigenvalue weighted by Gasteiger charge is -2.34. The number of fused-ring (bicyclic) bond motifs is 1. The Hall–Kier alpha value is -1.06. The van der Waals surface area contributed by atoms with Crippen molar-refractivity contribution >= 4 is 0 Å². The fraction of sp³-hybridized carbons (Fsp3) is 0.571. The van der Waals surface area contributed by atoms with Crippen molar-refractivity contribution in [1.82, 2.24) is 0 Å². The molecule has 1 aliphatic heterocycles. The summed E-state index contributed by atoms with van der Waals surface area (Å²) >= 11 is 0. The monoisotopic (exact) mass is 235 g/mol. The first-order valence-electron chi connectivity index (χ1n) is 6.31. The highest BCUT2D eigenvalue weighted by Gasteiger charge is 2.31. The molecule has 17 heavy (non-hydrogen) atoms. The van der Waals surface area contributed by atoms with E-state index in [1.165, 1.54) is 5.56 Å². The standard InChI is InChI=1S/C14H21NO2/c1-2-8-16-9-7-14(15)10-12-5-3-4-6-13(12)17-11-14/h3-6H,2,7-11,15H2,1H3. The fourth-order valence-electron chi connectivity index (χ4n) is 2.12. The van der Waals surface area contributed by atoms with Crippen LogP contribution in [-0.2, 0) is 11.2 Å². The van der Waals surface area contributed by atoms with Crippen LogP contribution in [0.4, 0.5) is 0 Å². The van der Waals surface area contributed by atoms with E-state index in [1.54, 1.807) is 0 Å². The smallest absolute Gasteiger partial charge is 0.122 e. The maximum atomic E-state index is 6.35. The molecule has 0 saturated heterocycles. The van der Waals surface area contributed by atoms with Gasteiger partial charge in [-0.1, -0.05) is 25.1 Å². The van der Waals surface area contributed by atoms with Crippen LogP contribution >= 0.6 is 0 Å². The Morgan fingerprint density at radius 1 is 1.35 bits per heavy atom. The Balaban J connectivity index is 1.91. The van der Waals surface area contributed by atoms with Gasteiger partial charge in [-0.2, -0.15) is 0 Å². The zero-order valence-corrected chi connectivity index (χ0v) is 10.4. The summed E-state index contributed by atoms with van der Waals surface area (Å²) in [6, 6.07) is 8.11. The first-order valence-corrected chi connectivity index (χ1v) is 6.31. The van der Waals surface area contributed by atoms with Gasteiger partial charge in [-0.05, 0) is 30.9 Å². The third kappa shape index (κ3) is 3.20. The van der Waals surface area contributed by atoms with Gasteiger partial charge in [-0.15, -0.1) is 0 Å². The molecule has 0 bridgehead atoms. The van der Waals surface area contributed by atoms with Crippen LogP contribution in [0.1, 0.15) is 25.3 Å². The number of hydrogen-bond donors (Lipinski definition) is 1. The molecule has 0 amide bonds. The molecule has 1 aromatic carbocycles. The number of rotatable bonds is 5. The highest BCUT2D eigenvalue weighted by atomic mass is 16.5. The van der Waals surface area contributed by atoms with Crippen molar-refractivity contribution in [3.05, 3.63) is 29.8 Å². The SMILES string of the molecule is CCCOCCC1(N)COc2ccccc2C1. The zero-order valence-electron chi connectivity index (χ0n) is 10.4. The maximum Gasteiger partial charge on any atom is 0.122 e. The van der Waals surface area contributed by atoms with E-state index in [0.717, 1.165) is 38.2 Å². The van der Waals surface area contributed by atoms with Gasteiger partial charge in [0.25, 0.3) is 0 Å². The van der Waals surface area contributed by atoms with Crippen LogP contribution in [0.15, 0.2) is 24.3 Å². The average molecular weight is 235 g/mol. The highest BCUT2D eigenvalue weighted by molar-refractivity contribution is 5.36. The summed E-state index contributed by atoms with van der Waals surface area (Å²) in [7, 11) is 0. The van der Waals surface area contributed by atoms with E-state index < -0.39 is 0 Å². The van der Waals surface area contributed by atoms with Crippen molar-refractivity contribution in [3.8, 4) is 5.75 Å². The van der Waals surface area contributed by atoms with Crippen LogP contribution in [0, 0.1) is 0 Å². The molecular formula is C14H21NO2. The van der Waals surface area contributed by atoms with Crippen molar-refractivity contribution < 1.29 is 9.47 Å². The van der Waals surface area contributed by atoms with E-state index in [-0.39, 0.29) is 5.54 Å². The number of benzene rings is 1. The molecule has 2 rings (SSSR count). The predicted octanol–water partition coefficient (Wildman–Crippen LogP) is 2.14. The normalized spacial score (nSPS) is 22.9. The summed E-state index contributed by atoms with van der Waals surface area (Å²) in [6.45, 7) is 4.22. The van der Waals surface area contributed by atoms with Gasteiger partial charge in [0.1, 0.15) is 12.4 Å². The molecular weight excluding hydrogens is 214 g/mol. The van der Waals surface area contributed by atoms with Crippen molar-refractivity contribution in [1.29, 1.82) is 0 Å². The number of ether oxygens (including phenoxy) is 2. The maximum absolute atomic E-state index is 6.35. The van der Waals surface area contributed by atoms with Crippen LogP contribution in [0.2, 0.25) is 0 Å². The van der Waals surface area contributed by atoms with Crippen molar-refractivity contribution in [2.24, 2.45) is 5.73 Å². The lowest BCUT2D eigenvalue weighted by atomic mass is 9.87.